The second-order valence-corrected chi connectivity index (χ2v) is 7.42. The normalized spacial score (nSPS) is 14.8. The first kappa shape index (κ1) is 18.9. The molecular formula is C20H26N4O3. The molecular weight excluding hydrogens is 344 g/mol. The molecule has 0 radical (unpaired) electrons. The Hall–Kier alpha value is -2.83. The van der Waals surface area contributed by atoms with Gasteiger partial charge in [0.15, 0.2) is 11.6 Å². The average molecular weight is 370 g/mol. The highest BCUT2D eigenvalue weighted by molar-refractivity contribution is 5.68. The highest BCUT2D eigenvalue weighted by Crippen LogP contribution is 2.27. The second-order valence-electron chi connectivity index (χ2n) is 7.42. The predicted octanol–water partition coefficient (Wildman–Crippen LogP) is 3.11. The summed E-state index contributed by atoms with van der Waals surface area (Å²) in [7, 11) is 0. The summed E-state index contributed by atoms with van der Waals surface area (Å²) in [5.74, 6) is 1.54. The number of rotatable bonds is 4. The molecule has 7 heteroatoms. The maximum absolute atomic E-state index is 12.2. The first-order valence-corrected chi connectivity index (χ1v) is 9.12. The zero-order valence-electron chi connectivity index (χ0n) is 16.1. The molecule has 2 aromatic rings. The Balaban J connectivity index is 1.60. The fourth-order valence-electron chi connectivity index (χ4n) is 2.80. The van der Waals surface area contributed by atoms with E-state index in [0.717, 1.165) is 17.1 Å². The zero-order valence-corrected chi connectivity index (χ0v) is 16.1. The fourth-order valence-corrected chi connectivity index (χ4v) is 2.80. The van der Waals surface area contributed by atoms with Crippen LogP contribution >= 0.6 is 0 Å². The third-order valence-electron chi connectivity index (χ3n) is 4.13. The van der Waals surface area contributed by atoms with Crippen molar-refractivity contribution in [1.29, 1.82) is 0 Å². The van der Waals surface area contributed by atoms with Gasteiger partial charge >= 0.3 is 6.09 Å². The van der Waals surface area contributed by atoms with E-state index in [1.54, 1.807) is 23.5 Å². The van der Waals surface area contributed by atoms with Gasteiger partial charge in [-0.2, -0.15) is 0 Å². The Labute approximate surface area is 159 Å². The van der Waals surface area contributed by atoms with Crippen LogP contribution in [0.5, 0.6) is 5.75 Å². The number of ether oxygens (including phenoxy) is 2. The molecule has 1 fully saturated rings. The van der Waals surface area contributed by atoms with Crippen LogP contribution in [0.1, 0.15) is 26.3 Å². The Morgan fingerprint density at radius 2 is 1.78 bits per heavy atom. The van der Waals surface area contributed by atoms with Crippen molar-refractivity contribution in [2.45, 2.75) is 33.0 Å². The molecule has 0 atom stereocenters. The first-order valence-electron chi connectivity index (χ1n) is 9.12. The molecule has 0 N–H and O–H groups in total. The van der Waals surface area contributed by atoms with Crippen LogP contribution in [-0.4, -0.2) is 52.7 Å². The van der Waals surface area contributed by atoms with E-state index in [0.29, 0.717) is 32.8 Å². The second kappa shape index (κ2) is 8.24. The Morgan fingerprint density at radius 1 is 1.07 bits per heavy atom. The van der Waals surface area contributed by atoms with E-state index in [2.05, 4.69) is 14.9 Å². The lowest BCUT2D eigenvalue weighted by Crippen LogP contribution is -2.50. The van der Waals surface area contributed by atoms with Crippen LogP contribution in [0.2, 0.25) is 0 Å². The minimum Gasteiger partial charge on any atom is -0.485 e. The largest absolute Gasteiger partial charge is 0.485 e. The summed E-state index contributed by atoms with van der Waals surface area (Å²) in [5.41, 5.74) is 0.568. The van der Waals surface area contributed by atoms with Gasteiger partial charge in [0.1, 0.15) is 12.2 Å². The minimum absolute atomic E-state index is 0.266. The van der Waals surface area contributed by atoms with Gasteiger partial charge < -0.3 is 19.3 Å². The third-order valence-corrected chi connectivity index (χ3v) is 4.13. The molecule has 1 amide bonds. The SMILES string of the molecule is CC(C)(C)OC(=O)N1CCN(c2ncccc2OCc2ccncc2)CC1. The molecule has 1 saturated heterocycles. The number of nitrogens with zero attached hydrogens (tertiary/aromatic N) is 4. The molecule has 0 aromatic carbocycles. The molecule has 7 nitrogen and oxygen atoms in total. The van der Waals surface area contributed by atoms with E-state index in [-0.39, 0.29) is 6.09 Å². The van der Waals surface area contributed by atoms with Gasteiger partial charge in [0, 0.05) is 44.8 Å². The van der Waals surface area contributed by atoms with E-state index in [9.17, 15) is 4.79 Å². The highest BCUT2D eigenvalue weighted by Gasteiger charge is 2.27. The predicted molar refractivity (Wildman–Crippen MR) is 103 cm³/mol. The minimum atomic E-state index is -0.483. The van der Waals surface area contributed by atoms with Crippen LogP contribution in [0.4, 0.5) is 10.6 Å². The maximum Gasteiger partial charge on any atom is 0.410 e. The van der Waals surface area contributed by atoms with Crippen molar-refractivity contribution in [3.05, 3.63) is 48.4 Å². The van der Waals surface area contributed by atoms with Gasteiger partial charge in [-0.3, -0.25) is 4.98 Å². The molecule has 3 rings (SSSR count). The highest BCUT2D eigenvalue weighted by atomic mass is 16.6. The Morgan fingerprint density at radius 3 is 2.44 bits per heavy atom. The van der Waals surface area contributed by atoms with E-state index >= 15 is 0 Å². The summed E-state index contributed by atoms with van der Waals surface area (Å²) in [6.45, 7) is 8.64. The van der Waals surface area contributed by atoms with Gasteiger partial charge in [0.05, 0.1) is 0 Å². The van der Waals surface area contributed by atoms with Gasteiger partial charge in [-0.05, 0) is 50.6 Å². The molecule has 0 aliphatic carbocycles. The number of hydrogen-bond donors (Lipinski definition) is 0. The van der Waals surface area contributed by atoms with Crippen molar-refractivity contribution >= 4 is 11.9 Å². The van der Waals surface area contributed by atoms with Crippen molar-refractivity contribution < 1.29 is 14.3 Å². The van der Waals surface area contributed by atoms with E-state index in [1.165, 1.54) is 0 Å². The summed E-state index contributed by atoms with van der Waals surface area (Å²) in [4.78, 5) is 24.6. The van der Waals surface area contributed by atoms with Crippen LogP contribution < -0.4 is 9.64 Å². The Bertz CT molecular complexity index is 753. The van der Waals surface area contributed by atoms with Crippen LogP contribution in [0.15, 0.2) is 42.9 Å². The lowest BCUT2D eigenvalue weighted by Gasteiger charge is -2.36. The van der Waals surface area contributed by atoms with Crippen LogP contribution in [0.3, 0.4) is 0 Å². The average Bonchev–Trinajstić information content (AvgIpc) is 2.66. The van der Waals surface area contributed by atoms with E-state index < -0.39 is 5.60 Å². The number of carbonyl (C=O) groups excluding carboxylic acids is 1. The van der Waals surface area contributed by atoms with Gasteiger partial charge in [-0.25, -0.2) is 9.78 Å². The zero-order chi connectivity index (χ0) is 19.3. The summed E-state index contributed by atoms with van der Waals surface area (Å²) in [6.07, 6.45) is 4.99. The topological polar surface area (TPSA) is 67.8 Å². The smallest absolute Gasteiger partial charge is 0.410 e. The van der Waals surface area contributed by atoms with E-state index in [4.69, 9.17) is 9.47 Å². The number of aromatic nitrogens is 2. The summed E-state index contributed by atoms with van der Waals surface area (Å²) >= 11 is 0. The molecule has 2 aromatic heterocycles. The first-order chi connectivity index (χ1) is 12.9. The van der Waals surface area contributed by atoms with Crippen molar-refractivity contribution in [3.8, 4) is 5.75 Å². The summed E-state index contributed by atoms with van der Waals surface area (Å²) < 4.78 is 11.4. The standard InChI is InChI=1S/C20H26N4O3/c1-20(2,3)27-19(25)24-13-11-23(12-14-24)18-17(5-4-8-22-18)26-15-16-6-9-21-10-7-16/h4-10H,11-15H2,1-3H3. The number of amides is 1. The lowest BCUT2D eigenvalue weighted by atomic mass is 10.2. The quantitative estimate of drug-likeness (QED) is 0.824. The molecule has 1 aliphatic heterocycles. The number of anilines is 1. The van der Waals surface area contributed by atoms with E-state index in [1.807, 2.05) is 45.0 Å². The Kier molecular flexibility index (Phi) is 5.78. The molecule has 144 valence electrons. The van der Waals surface area contributed by atoms with Crippen LogP contribution in [-0.2, 0) is 11.3 Å². The molecule has 0 unspecified atom stereocenters. The van der Waals surface area contributed by atoms with Crippen molar-refractivity contribution in [1.82, 2.24) is 14.9 Å². The molecule has 0 bridgehead atoms. The molecule has 0 spiro atoms. The molecule has 1 aliphatic rings. The molecule has 0 saturated carbocycles. The number of carbonyl (C=O) groups is 1. The van der Waals surface area contributed by atoms with Crippen LogP contribution in [0.25, 0.3) is 0 Å². The monoisotopic (exact) mass is 370 g/mol. The number of hydrogen-bond acceptors (Lipinski definition) is 6. The van der Waals surface area contributed by atoms with Gasteiger partial charge in [-0.15, -0.1) is 0 Å². The molecule has 3 heterocycles. The van der Waals surface area contributed by atoms with Crippen molar-refractivity contribution in [3.63, 3.8) is 0 Å². The van der Waals surface area contributed by atoms with Crippen molar-refractivity contribution in [2.75, 3.05) is 31.1 Å². The van der Waals surface area contributed by atoms with Gasteiger partial charge in [-0.1, -0.05) is 0 Å². The summed E-state index contributed by atoms with van der Waals surface area (Å²) in [5, 5.41) is 0. The third kappa shape index (κ3) is 5.32. The summed E-state index contributed by atoms with van der Waals surface area (Å²) in [6, 6.07) is 7.64. The number of piperazine rings is 1. The van der Waals surface area contributed by atoms with Crippen LogP contribution in [0, 0.1) is 0 Å². The fraction of sp³-hybridized carbons (Fsp3) is 0.450. The molecule has 27 heavy (non-hydrogen) atoms. The number of pyridine rings is 2. The maximum atomic E-state index is 12.2. The van der Waals surface area contributed by atoms with Gasteiger partial charge in [0.25, 0.3) is 0 Å². The van der Waals surface area contributed by atoms with Crippen molar-refractivity contribution in [2.24, 2.45) is 0 Å². The lowest BCUT2D eigenvalue weighted by molar-refractivity contribution is 0.0240. The van der Waals surface area contributed by atoms with Gasteiger partial charge in [0.2, 0.25) is 0 Å².